The Morgan fingerprint density at radius 3 is 1.71 bits per heavy atom. The number of ketones is 3. The Balaban J connectivity index is 1.96. The van der Waals surface area contributed by atoms with Crippen LogP contribution in [0.1, 0.15) is 79.5 Å². The maximum absolute atomic E-state index is 13.7. The predicted octanol–water partition coefficient (Wildman–Crippen LogP) is 7.19. The lowest BCUT2D eigenvalue weighted by molar-refractivity contribution is -0.117. The first-order valence-corrected chi connectivity index (χ1v) is 13.5. The fourth-order valence-corrected chi connectivity index (χ4v) is 4.31. The third kappa shape index (κ3) is 7.78. The fraction of sp³-hybridized carbons (Fsp3) is 0.294. The number of benzene rings is 3. The van der Waals surface area contributed by atoms with Gasteiger partial charge in [-0.25, -0.2) is 0 Å². The van der Waals surface area contributed by atoms with Gasteiger partial charge in [-0.1, -0.05) is 51.6 Å². The summed E-state index contributed by atoms with van der Waals surface area (Å²) in [5.74, 6) is -1.10. The summed E-state index contributed by atoms with van der Waals surface area (Å²) in [5.41, 5.74) is -0.0314. The molecule has 0 aliphatic carbocycles. The summed E-state index contributed by atoms with van der Waals surface area (Å²) in [5, 5.41) is 9.26. The third-order valence-electron chi connectivity index (χ3n) is 6.58. The van der Waals surface area contributed by atoms with E-state index in [0.717, 1.165) is 5.69 Å². The second-order valence-electron chi connectivity index (χ2n) is 12.2. The molecule has 0 unspecified atom stereocenters. The first-order valence-electron chi connectivity index (χ1n) is 13.5. The third-order valence-corrected chi connectivity index (χ3v) is 6.58. The van der Waals surface area contributed by atoms with Gasteiger partial charge in [0, 0.05) is 39.2 Å². The zero-order valence-electron chi connectivity index (χ0n) is 24.8. The number of para-hydroxylation sites is 1. The van der Waals surface area contributed by atoms with Crippen LogP contribution in [0.5, 0.6) is 0 Å². The Labute approximate surface area is 242 Å². The van der Waals surface area contributed by atoms with Gasteiger partial charge in [-0.15, -0.1) is 0 Å². The monoisotopic (exact) mass is 553 g/mol. The number of hydrogen-bond donors (Lipinski definition) is 3. The summed E-state index contributed by atoms with van der Waals surface area (Å²) >= 11 is 0. The summed E-state index contributed by atoms with van der Waals surface area (Å²) in [7, 11) is 0. The molecule has 0 bridgehead atoms. The van der Waals surface area contributed by atoms with E-state index in [2.05, 4.69) is 22.5 Å². The number of hydrogen-bond acceptors (Lipinski definition) is 6. The second kappa shape index (κ2) is 11.9. The van der Waals surface area contributed by atoms with Crippen molar-refractivity contribution in [2.45, 2.75) is 59.5 Å². The quantitative estimate of drug-likeness (QED) is 0.172. The molecule has 1 amide bonds. The highest BCUT2D eigenvalue weighted by Gasteiger charge is 2.31. The van der Waals surface area contributed by atoms with Crippen molar-refractivity contribution < 1.29 is 19.2 Å². The molecule has 0 aliphatic heterocycles. The molecule has 0 fully saturated rings. The predicted molar refractivity (Wildman–Crippen MR) is 166 cm³/mol. The molecule has 0 spiro atoms. The van der Waals surface area contributed by atoms with Gasteiger partial charge in [-0.3, -0.25) is 19.2 Å². The molecule has 3 aromatic rings. The van der Waals surface area contributed by atoms with Crippen LogP contribution in [0.3, 0.4) is 0 Å². The Morgan fingerprint density at radius 2 is 1.12 bits per heavy atom. The minimum atomic E-state index is -1.02. The van der Waals surface area contributed by atoms with Gasteiger partial charge < -0.3 is 16.0 Å². The first kappa shape index (κ1) is 31.0. The average Bonchev–Trinajstić information content (AvgIpc) is 2.91. The molecule has 0 heterocycles. The van der Waals surface area contributed by atoms with Crippen molar-refractivity contribution in [1.29, 1.82) is 0 Å². The van der Waals surface area contributed by atoms with E-state index in [1.54, 1.807) is 78.8 Å². The molecule has 7 heteroatoms. The van der Waals surface area contributed by atoms with E-state index < -0.39 is 22.4 Å². The molecule has 0 radical (unpaired) electrons. The van der Waals surface area contributed by atoms with Crippen LogP contribution in [0.2, 0.25) is 0 Å². The Kier molecular flexibility index (Phi) is 9.02. The van der Waals surface area contributed by atoms with Crippen LogP contribution in [0.15, 0.2) is 85.5 Å². The summed E-state index contributed by atoms with van der Waals surface area (Å²) in [6.07, 6.45) is 1.26. The van der Waals surface area contributed by atoms with Crippen molar-refractivity contribution in [3.63, 3.8) is 0 Å². The van der Waals surface area contributed by atoms with Crippen molar-refractivity contribution in [2.24, 2.45) is 5.41 Å². The van der Waals surface area contributed by atoms with Crippen molar-refractivity contribution in [1.82, 2.24) is 0 Å². The van der Waals surface area contributed by atoms with Crippen molar-refractivity contribution in [3.8, 4) is 0 Å². The number of carbonyl (C=O) groups excluding carboxylic acids is 4. The highest BCUT2D eigenvalue weighted by atomic mass is 16.2. The molecule has 7 nitrogen and oxygen atoms in total. The molecule has 0 saturated heterocycles. The van der Waals surface area contributed by atoms with E-state index >= 15 is 0 Å². The minimum Gasteiger partial charge on any atom is -0.373 e. The number of anilines is 3. The highest BCUT2D eigenvalue weighted by molar-refractivity contribution is 6.12. The van der Waals surface area contributed by atoms with Crippen LogP contribution in [0.4, 0.5) is 17.1 Å². The Hall–Kier alpha value is -4.52. The molecular formula is C34H39N3O4. The van der Waals surface area contributed by atoms with E-state index in [1.165, 1.54) is 18.2 Å². The van der Waals surface area contributed by atoms with Gasteiger partial charge in [0.1, 0.15) is 0 Å². The molecule has 214 valence electrons. The molecule has 3 N–H and O–H groups in total. The smallest absolute Gasteiger partial charge is 0.255 e. The number of nitrogens with one attached hydrogen (secondary N) is 3. The van der Waals surface area contributed by atoms with Gasteiger partial charge >= 0.3 is 0 Å². The highest BCUT2D eigenvalue weighted by Crippen LogP contribution is 2.27. The van der Waals surface area contributed by atoms with Gasteiger partial charge in [0.15, 0.2) is 17.3 Å². The summed E-state index contributed by atoms with van der Waals surface area (Å²) < 4.78 is 0. The lowest BCUT2D eigenvalue weighted by atomic mass is 9.83. The molecule has 0 saturated carbocycles. The normalized spacial score (nSPS) is 11.8. The lowest BCUT2D eigenvalue weighted by Gasteiger charge is -2.27. The van der Waals surface area contributed by atoms with Crippen molar-refractivity contribution >= 4 is 40.3 Å². The van der Waals surface area contributed by atoms with E-state index in [4.69, 9.17) is 0 Å². The van der Waals surface area contributed by atoms with Crippen LogP contribution < -0.4 is 16.0 Å². The molecule has 0 aromatic heterocycles. The van der Waals surface area contributed by atoms with Gasteiger partial charge in [0.05, 0.1) is 11.1 Å². The largest absolute Gasteiger partial charge is 0.373 e. The molecule has 41 heavy (non-hydrogen) atoms. The maximum atomic E-state index is 13.7. The number of amides is 1. The number of carbonyl (C=O) groups is 4. The van der Waals surface area contributed by atoms with Crippen LogP contribution in [-0.2, 0) is 4.79 Å². The van der Waals surface area contributed by atoms with E-state index in [9.17, 15) is 19.2 Å². The molecule has 3 rings (SSSR count). The first-order chi connectivity index (χ1) is 19.0. The summed E-state index contributed by atoms with van der Waals surface area (Å²) in [4.78, 5) is 52.7. The van der Waals surface area contributed by atoms with E-state index in [0.29, 0.717) is 11.4 Å². The maximum Gasteiger partial charge on any atom is 0.255 e. The van der Waals surface area contributed by atoms with Gasteiger partial charge in [-0.05, 0) is 82.3 Å². The molecule has 3 aromatic carbocycles. The second-order valence-corrected chi connectivity index (χ2v) is 12.2. The molecular weight excluding hydrogens is 514 g/mol. The van der Waals surface area contributed by atoms with Crippen molar-refractivity contribution in [3.05, 3.63) is 102 Å². The average molecular weight is 554 g/mol. The van der Waals surface area contributed by atoms with E-state index in [1.807, 2.05) is 30.3 Å². The van der Waals surface area contributed by atoms with Crippen LogP contribution >= 0.6 is 0 Å². The standard InChI is InChI=1S/C34H39N3O4/c1-9-28(38)33(5,6)37-27-17-13-16-26(21-27)35-31(41)24-19-22(29(39)32(2,3)4)18-23(20-24)30(40)34(7,8)36-25-14-11-10-12-15-25/h9-21,36-37H,1H2,2-8H3,(H,35,41). The topological polar surface area (TPSA) is 104 Å². The van der Waals surface area contributed by atoms with E-state index in [-0.39, 0.29) is 34.0 Å². The number of Topliss-reactive ketones (excluding diaryl/α,β-unsaturated/α-hetero) is 2. The minimum absolute atomic E-state index is 0.172. The fourth-order valence-electron chi connectivity index (χ4n) is 4.31. The van der Waals surface area contributed by atoms with Gasteiger partial charge in [-0.2, -0.15) is 0 Å². The molecule has 0 aliphatic rings. The van der Waals surface area contributed by atoms with Crippen molar-refractivity contribution in [2.75, 3.05) is 16.0 Å². The summed E-state index contributed by atoms with van der Waals surface area (Å²) in [6, 6.07) is 20.9. The SMILES string of the molecule is C=CC(=O)C(C)(C)Nc1cccc(NC(=O)c2cc(C(=O)C(C)(C)C)cc(C(=O)C(C)(C)Nc3ccccc3)c2)c1. The Morgan fingerprint density at radius 1 is 0.610 bits per heavy atom. The number of rotatable bonds is 11. The summed E-state index contributed by atoms with van der Waals surface area (Å²) in [6.45, 7) is 15.9. The zero-order chi connectivity index (χ0) is 30.6. The van der Waals surface area contributed by atoms with Gasteiger partial charge in [0.2, 0.25) is 0 Å². The zero-order valence-corrected chi connectivity index (χ0v) is 24.8. The Bertz CT molecular complexity index is 1480. The van der Waals surface area contributed by atoms with Crippen LogP contribution in [-0.4, -0.2) is 34.3 Å². The molecule has 0 atom stereocenters. The van der Waals surface area contributed by atoms with Crippen LogP contribution in [0.25, 0.3) is 0 Å². The van der Waals surface area contributed by atoms with Gasteiger partial charge in [0.25, 0.3) is 5.91 Å². The van der Waals surface area contributed by atoms with Crippen LogP contribution in [0, 0.1) is 5.41 Å². The lowest BCUT2D eigenvalue weighted by Crippen LogP contribution is -2.40.